The van der Waals surface area contributed by atoms with Gasteiger partial charge in [-0.3, -0.25) is 30.2 Å². The molecule has 1 amide bonds. The molecule has 10 heteroatoms. The molecule has 0 unspecified atom stereocenters. The molecule has 2 heterocycles. The number of fused-ring (bicyclic) bond motifs is 1. The number of carbonyl (C=O) groups is 1. The average Bonchev–Trinajstić information content (AvgIpc) is 3.18. The molecular weight excluding hydrogens is 412 g/mol. The van der Waals surface area contributed by atoms with Crippen molar-refractivity contribution in [1.29, 1.82) is 0 Å². The fourth-order valence-electron chi connectivity index (χ4n) is 3.36. The van der Waals surface area contributed by atoms with Gasteiger partial charge in [0.05, 0.1) is 10.6 Å². The van der Waals surface area contributed by atoms with Gasteiger partial charge in [-0.1, -0.05) is 44.2 Å². The molecule has 10 nitrogen and oxygen atoms in total. The highest BCUT2D eigenvalue weighted by Crippen LogP contribution is 2.24. The second kappa shape index (κ2) is 8.42. The van der Waals surface area contributed by atoms with Crippen LogP contribution in [-0.4, -0.2) is 30.7 Å². The van der Waals surface area contributed by atoms with Crippen LogP contribution >= 0.6 is 0 Å². The van der Waals surface area contributed by atoms with Crippen LogP contribution in [0.15, 0.2) is 59.4 Å². The molecule has 0 spiro atoms. The quantitative estimate of drug-likeness (QED) is 0.354. The Morgan fingerprint density at radius 3 is 2.59 bits per heavy atom. The second-order valence-electron chi connectivity index (χ2n) is 7.69. The first-order valence-corrected chi connectivity index (χ1v) is 9.96. The summed E-state index contributed by atoms with van der Waals surface area (Å²) in [6.07, 6.45) is 0.609. The van der Waals surface area contributed by atoms with Gasteiger partial charge in [0.2, 0.25) is 0 Å². The van der Waals surface area contributed by atoms with E-state index in [4.69, 9.17) is 0 Å². The number of nitro groups is 1. The van der Waals surface area contributed by atoms with E-state index in [1.54, 1.807) is 36.4 Å². The third kappa shape index (κ3) is 3.97. The van der Waals surface area contributed by atoms with E-state index in [0.717, 1.165) is 4.68 Å². The number of benzene rings is 2. The summed E-state index contributed by atoms with van der Waals surface area (Å²) < 4.78 is 0.983. The van der Waals surface area contributed by atoms with Gasteiger partial charge in [0, 0.05) is 23.3 Å². The lowest BCUT2D eigenvalue weighted by atomic mass is 10.1. The van der Waals surface area contributed by atoms with Gasteiger partial charge in [-0.05, 0) is 24.5 Å². The predicted molar refractivity (Wildman–Crippen MR) is 119 cm³/mol. The number of nitrogens with zero attached hydrogens (tertiary/aromatic N) is 4. The van der Waals surface area contributed by atoms with Crippen molar-refractivity contribution in [3.8, 4) is 11.4 Å². The monoisotopic (exact) mass is 432 g/mol. The Hall–Kier alpha value is -4.34. The van der Waals surface area contributed by atoms with Crippen molar-refractivity contribution in [3.63, 3.8) is 0 Å². The first-order valence-electron chi connectivity index (χ1n) is 9.96. The van der Waals surface area contributed by atoms with Gasteiger partial charge in [0.15, 0.2) is 11.3 Å². The summed E-state index contributed by atoms with van der Waals surface area (Å²) in [6.45, 7) is 4.05. The number of aromatic amines is 1. The van der Waals surface area contributed by atoms with Gasteiger partial charge in [-0.15, -0.1) is 0 Å². The van der Waals surface area contributed by atoms with Crippen LogP contribution in [0.2, 0.25) is 0 Å². The molecule has 2 N–H and O–H groups in total. The highest BCUT2D eigenvalue weighted by molar-refractivity contribution is 6.00. The lowest BCUT2D eigenvalue weighted by molar-refractivity contribution is -0.384. The first kappa shape index (κ1) is 20.9. The highest BCUT2D eigenvalue weighted by Gasteiger charge is 2.21. The van der Waals surface area contributed by atoms with E-state index in [1.165, 1.54) is 18.2 Å². The molecule has 0 fully saturated rings. The summed E-state index contributed by atoms with van der Waals surface area (Å²) in [5.41, 5.74) is 3.59. The molecule has 0 aliphatic rings. The lowest BCUT2D eigenvalue weighted by Gasteiger charge is -2.14. The summed E-state index contributed by atoms with van der Waals surface area (Å²) in [5, 5.41) is 18.2. The Kier molecular flexibility index (Phi) is 5.50. The molecule has 0 aliphatic heterocycles. The van der Waals surface area contributed by atoms with Crippen molar-refractivity contribution in [2.45, 2.75) is 20.3 Å². The zero-order valence-electron chi connectivity index (χ0n) is 17.4. The molecule has 4 rings (SSSR count). The Morgan fingerprint density at radius 2 is 1.91 bits per heavy atom. The fourth-order valence-corrected chi connectivity index (χ4v) is 3.36. The van der Waals surface area contributed by atoms with Gasteiger partial charge in [-0.2, -0.15) is 9.77 Å². The van der Waals surface area contributed by atoms with Crippen molar-refractivity contribution >= 4 is 22.6 Å². The fraction of sp³-hybridized carbons (Fsp3) is 0.182. The van der Waals surface area contributed by atoms with E-state index in [1.807, 2.05) is 13.8 Å². The smallest absolute Gasteiger partial charge is 0.279 e. The molecule has 0 bridgehead atoms. The number of nitrogens with one attached hydrogen (secondary N) is 2. The molecule has 0 aliphatic carbocycles. The molecule has 32 heavy (non-hydrogen) atoms. The second-order valence-corrected chi connectivity index (χ2v) is 7.69. The molecule has 4 aromatic rings. The number of rotatable bonds is 6. The Bertz CT molecular complexity index is 1370. The maximum absolute atomic E-state index is 13.3. The van der Waals surface area contributed by atoms with Crippen LogP contribution in [0.4, 0.5) is 5.69 Å². The van der Waals surface area contributed by atoms with Gasteiger partial charge < -0.3 is 0 Å². The summed E-state index contributed by atoms with van der Waals surface area (Å²) in [7, 11) is 0. The summed E-state index contributed by atoms with van der Waals surface area (Å²) >= 11 is 0. The Balaban J connectivity index is 1.92. The minimum absolute atomic E-state index is 0.0712. The van der Waals surface area contributed by atoms with Crippen LogP contribution in [0, 0.1) is 16.0 Å². The predicted octanol–water partition coefficient (Wildman–Crippen LogP) is 3.28. The number of hydrogen-bond donors (Lipinski definition) is 2. The van der Waals surface area contributed by atoms with Crippen LogP contribution in [0.5, 0.6) is 0 Å². The Morgan fingerprint density at radius 1 is 1.16 bits per heavy atom. The van der Waals surface area contributed by atoms with Gasteiger partial charge >= 0.3 is 5.56 Å². The highest BCUT2D eigenvalue weighted by atomic mass is 16.6. The maximum Gasteiger partial charge on any atom is 0.301 e. The van der Waals surface area contributed by atoms with E-state index < -0.39 is 16.4 Å². The SMILES string of the molecule is CC(C)Cc1[nH]nc2c(=O)n(NC(=O)c3ccccc3)c(-c3cccc([N+](=O)[O-])c3)nc12. The van der Waals surface area contributed by atoms with Crippen LogP contribution in [0.1, 0.15) is 29.9 Å². The van der Waals surface area contributed by atoms with E-state index in [9.17, 15) is 19.7 Å². The third-order valence-electron chi connectivity index (χ3n) is 4.82. The number of H-pyrrole nitrogens is 1. The normalized spacial score (nSPS) is 11.1. The summed E-state index contributed by atoms with van der Waals surface area (Å²) in [4.78, 5) is 41.4. The molecular formula is C22H20N6O4. The van der Waals surface area contributed by atoms with E-state index in [2.05, 4.69) is 20.6 Å². The largest absolute Gasteiger partial charge is 0.301 e. The van der Waals surface area contributed by atoms with Crippen LogP contribution in [-0.2, 0) is 6.42 Å². The van der Waals surface area contributed by atoms with Crippen molar-refractivity contribution in [2.75, 3.05) is 5.43 Å². The molecule has 0 radical (unpaired) electrons. The molecule has 0 saturated heterocycles. The van der Waals surface area contributed by atoms with Gasteiger partial charge in [0.25, 0.3) is 11.6 Å². The molecule has 162 valence electrons. The molecule has 2 aromatic heterocycles. The van der Waals surface area contributed by atoms with Crippen molar-refractivity contribution in [3.05, 3.63) is 86.3 Å². The summed E-state index contributed by atoms with van der Waals surface area (Å²) in [6, 6.07) is 14.1. The van der Waals surface area contributed by atoms with E-state index in [-0.39, 0.29) is 22.9 Å². The summed E-state index contributed by atoms with van der Waals surface area (Å²) in [5.74, 6) is -0.178. The third-order valence-corrected chi connectivity index (χ3v) is 4.82. The number of non-ortho nitro benzene ring substituents is 1. The average molecular weight is 432 g/mol. The lowest BCUT2D eigenvalue weighted by Crippen LogP contribution is -2.35. The number of aromatic nitrogens is 4. The van der Waals surface area contributed by atoms with Gasteiger partial charge in [-0.25, -0.2) is 4.98 Å². The molecule has 0 atom stereocenters. The zero-order valence-corrected chi connectivity index (χ0v) is 17.4. The molecule has 2 aromatic carbocycles. The number of amides is 1. The van der Waals surface area contributed by atoms with Gasteiger partial charge in [0.1, 0.15) is 5.52 Å². The number of hydrogen-bond acceptors (Lipinski definition) is 6. The minimum Gasteiger partial charge on any atom is -0.279 e. The topological polar surface area (TPSA) is 136 Å². The molecule has 0 saturated carbocycles. The van der Waals surface area contributed by atoms with Crippen molar-refractivity contribution < 1.29 is 9.72 Å². The number of carbonyl (C=O) groups excluding carboxylic acids is 1. The van der Waals surface area contributed by atoms with Crippen molar-refractivity contribution in [2.24, 2.45) is 5.92 Å². The number of nitro benzene ring substituents is 1. The van der Waals surface area contributed by atoms with Crippen molar-refractivity contribution in [1.82, 2.24) is 19.9 Å². The Labute approximate surface area is 182 Å². The van der Waals surface area contributed by atoms with Crippen LogP contribution in [0.25, 0.3) is 22.4 Å². The van der Waals surface area contributed by atoms with Crippen LogP contribution in [0.3, 0.4) is 0 Å². The first-order chi connectivity index (χ1) is 15.3. The standard InChI is InChI=1S/C22H20N6O4/c1-13(2)11-17-18-19(25-24-17)22(30)27(26-21(29)14-7-4-3-5-8-14)20(23-18)15-9-6-10-16(12-15)28(31)32/h3-10,12-13H,11H2,1-2H3,(H,24,25)(H,26,29). The van der Waals surface area contributed by atoms with Crippen LogP contribution < -0.4 is 11.0 Å². The minimum atomic E-state index is -0.591. The van der Waals surface area contributed by atoms with E-state index >= 15 is 0 Å². The zero-order chi connectivity index (χ0) is 22.8. The maximum atomic E-state index is 13.3. The van der Waals surface area contributed by atoms with E-state index in [0.29, 0.717) is 28.8 Å².